The van der Waals surface area contributed by atoms with Gasteiger partial charge in [0.05, 0.1) is 18.3 Å². The molecule has 2 unspecified atom stereocenters. The number of carbonyl (C=O) groups excluding carboxylic acids is 2. The zero-order valence-electron chi connectivity index (χ0n) is 16.0. The van der Waals surface area contributed by atoms with Crippen molar-refractivity contribution in [2.24, 2.45) is 0 Å². The summed E-state index contributed by atoms with van der Waals surface area (Å²) in [5.41, 5.74) is 1.90. The molecule has 0 amide bonds. The Morgan fingerprint density at radius 1 is 1.48 bits per heavy atom. The molecule has 0 aromatic carbocycles. The van der Waals surface area contributed by atoms with Crippen LogP contribution in [0.1, 0.15) is 55.8 Å². The van der Waals surface area contributed by atoms with Gasteiger partial charge in [-0.25, -0.2) is 0 Å². The van der Waals surface area contributed by atoms with E-state index in [4.69, 9.17) is 4.43 Å². The van der Waals surface area contributed by atoms with E-state index in [1.807, 2.05) is 10.2 Å². The van der Waals surface area contributed by atoms with Gasteiger partial charge >= 0.3 is 0 Å². The summed E-state index contributed by atoms with van der Waals surface area (Å²) in [6.07, 6.45) is 2.38. The molecule has 0 fully saturated rings. The lowest BCUT2D eigenvalue weighted by molar-refractivity contribution is -0.121. The summed E-state index contributed by atoms with van der Waals surface area (Å²) in [4.78, 5) is 26.4. The Balaban J connectivity index is 2.51. The van der Waals surface area contributed by atoms with Crippen molar-refractivity contribution in [3.63, 3.8) is 0 Å². The van der Waals surface area contributed by atoms with Crippen LogP contribution < -0.4 is 0 Å². The van der Waals surface area contributed by atoms with Gasteiger partial charge in [-0.15, -0.1) is 11.3 Å². The second kappa shape index (κ2) is 7.31. The molecule has 7 heteroatoms. The molecule has 2 rings (SSSR count). The van der Waals surface area contributed by atoms with Gasteiger partial charge in [0.25, 0.3) is 7.41 Å². The van der Waals surface area contributed by atoms with Crippen LogP contribution in [0, 0.1) is 0 Å². The molecule has 135 valence electrons. The Hall–Kier alpha value is -1.02. The highest BCUT2D eigenvalue weighted by Gasteiger charge is 2.44. The van der Waals surface area contributed by atoms with Crippen LogP contribution in [0.5, 0.6) is 0 Å². The second-order valence-electron chi connectivity index (χ2n) is 8.04. The van der Waals surface area contributed by atoms with E-state index in [1.54, 1.807) is 24.3 Å². The monoisotopic (exact) mass is 376 g/mol. The third-order valence-electron chi connectivity index (χ3n) is 5.26. The number of hydrogen-bond acceptors (Lipinski definition) is 5. The number of thiophene rings is 1. The lowest BCUT2D eigenvalue weighted by Gasteiger charge is -2.44. The van der Waals surface area contributed by atoms with Gasteiger partial charge in [0.15, 0.2) is 8.32 Å². The van der Waals surface area contributed by atoms with Crippen LogP contribution in [-0.4, -0.2) is 39.1 Å². The Morgan fingerprint density at radius 3 is 2.60 bits per heavy atom. The summed E-state index contributed by atoms with van der Waals surface area (Å²) in [6, 6.07) is -0.446. The van der Waals surface area contributed by atoms with E-state index in [0.29, 0.717) is 6.54 Å². The molecule has 1 aliphatic rings. The molecule has 0 spiro atoms. The van der Waals surface area contributed by atoms with Crippen molar-refractivity contribution in [2.45, 2.75) is 58.0 Å². The number of nitrogens with zero attached hydrogens (tertiary/aromatic N) is 1. The van der Waals surface area contributed by atoms with Gasteiger partial charge < -0.3 is 14.0 Å². The molecular weight excluding hydrogens is 349 g/mol. The van der Waals surface area contributed by atoms with Gasteiger partial charge in [-0.1, -0.05) is 33.4 Å². The number of Topliss-reactive ketones (excluding diaryl/α,β-unsaturated/α-hetero) is 1. The first-order chi connectivity index (χ1) is 11.5. The number of fused-ring (bicyclic) bond motifs is 1. The van der Waals surface area contributed by atoms with E-state index >= 15 is 0 Å². The van der Waals surface area contributed by atoms with Gasteiger partial charge in [-0.2, -0.15) is 0 Å². The third kappa shape index (κ3) is 3.89. The van der Waals surface area contributed by atoms with Crippen LogP contribution in [0.25, 0.3) is 6.08 Å². The zero-order chi connectivity index (χ0) is 19.0. The fraction of sp³-hybridized carbons (Fsp3) is 0.556. The Morgan fingerprint density at radius 2 is 2.12 bits per heavy atom. The summed E-state index contributed by atoms with van der Waals surface area (Å²) in [6.45, 7) is 17.0. The number of rotatable bonds is 6. The fourth-order valence-corrected chi connectivity index (χ4v) is 5.38. The minimum atomic E-state index is -2.00. The van der Waals surface area contributed by atoms with Crippen LogP contribution in [0.4, 0.5) is 0 Å². The summed E-state index contributed by atoms with van der Waals surface area (Å²) in [5.74, 6) is 0.0200. The van der Waals surface area contributed by atoms with Crippen molar-refractivity contribution >= 4 is 45.1 Å². The number of carbonyl (C=O) groups is 2. The van der Waals surface area contributed by atoms with Gasteiger partial charge in [-0.3, -0.25) is 4.79 Å². The molecule has 25 heavy (non-hydrogen) atoms. The van der Waals surface area contributed by atoms with Crippen molar-refractivity contribution in [2.75, 3.05) is 6.54 Å². The standard InChI is InChI=1S/C18H27BNO3SSi/c1-8-13-10-24-17-14(23-25(6,7)18(3,4)5)9-20(19-11-21)16(12(2)22)15(13)17/h8,10-11,14,16H,1,9H2,2-7H3. The molecule has 2 heterocycles. The summed E-state index contributed by atoms with van der Waals surface area (Å²) < 4.78 is 6.66. The summed E-state index contributed by atoms with van der Waals surface area (Å²) >= 11 is 1.62. The van der Waals surface area contributed by atoms with E-state index < -0.39 is 14.4 Å². The van der Waals surface area contributed by atoms with Crippen molar-refractivity contribution < 1.29 is 14.0 Å². The van der Waals surface area contributed by atoms with E-state index in [-0.39, 0.29) is 16.9 Å². The van der Waals surface area contributed by atoms with E-state index in [1.165, 1.54) is 7.41 Å². The fourth-order valence-electron chi connectivity index (χ4n) is 2.93. The molecule has 0 bridgehead atoms. The second-order valence-corrected chi connectivity index (χ2v) is 13.7. The van der Waals surface area contributed by atoms with Gasteiger partial charge in [0.2, 0.25) is 0 Å². The zero-order valence-corrected chi connectivity index (χ0v) is 17.8. The largest absolute Gasteiger partial charge is 0.408 e. The first-order valence-electron chi connectivity index (χ1n) is 8.50. The van der Waals surface area contributed by atoms with Crippen LogP contribution in [0.2, 0.25) is 18.1 Å². The van der Waals surface area contributed by atoms with E-state index in [2.05, 4.69) is 40.4 Å². The molecule has 0 saturated carbocycles. The average molecular weight is 376 g/mol. The quantitative estimate of drug-likeness (QED) is 0.551. The molecular formula is C18H27BNO3SSi. The average Bonchev–Trinajstić information content (AvgIpc) is 2.89. The first-order valence-corrected chi connectivity index (χ1v) is 12.3. The lowest BCUT2D eigenvalue weighted by Crippen LogP contribution is -2.48. The first kappa shape index (κ1) is 20.3. The Kier molecular flexibility index (Phi) is 5.93. The minimum Gasteiger partial charge on any atom is -0.408 e. The lowest BCUT2D eigenvalue weighted by atomic mass is 9.82. The third-order valence-corrected chi connectivity index (χ3v) is 10.9. The normalized spacial score (nSPS) is 21.5. The van der Waals surface area contributed by atoms with Crippen molar-refractivity contribution in [3.8, 4) is 0 Å². The smallest absolute Gasteiger partial charge is 0.294 e. The van der Waals surface area contributed by atoms with Crippen LogP contribution in [0.3, 0.4) is 0 Å². The molecule has 0 saturated heterocycles. The number of hydrogen-bond donors (Lipinski definition) is 0. The maximum atomic E-state index is 12.3. The van der Waals surface area contributed by atoms with Crippen LogP contribution in [0.15, 0.2) is 12.0 Å². The molecule has 1 aromatic heterocycles. The van der Waals surface area contributed by atoms with Crippen molar-refractivity contribution in [1.29, 1.82) is 0 Å². The van der Waals surface area contributed by atoms with Crippen LogP contribution >= 0.6 is 11.3 Å². The maximum absolute atomic E-state index is 12.3. The predicted octanol–water partition coefficient (Wildman–Crippen LogP) is 4.21. The molecule has 4 nitrogen and oxygen atoms in total. The molecule has 2 atom stereocenters. The topological polar surface area (TPSA) is 46.6 Å². The highest BCUT2D eigenvalue weighted by Crippen LogP contribution is 2.46. The van der Waals surface area contributed by atoms with E-state index in [9.17, 15) is 9.59 Å². The molecule has 1 aromatic rings. The molecule has 1 aliphatic heterocycles. The predicted molar refractivity (Wildman–Crippen MR) is 108 cm³/mol. The molecule has 0 aliphatic carbocycles. The molecule has 1 radical (unpaired) electrons. The maximum Gasteiger partial charge on any atom is 0.294 e. The van der Waals surface area contributed by atoms with Gasteiger partial charge in [-0.05, 0) is 41.6 Å². The summed E-state index contributed by atoms with van der Waals surface area (Å²) in [5, 5.41) is 2.11. The minimum absolute atomic E-state index is 0.0200. The van der Waals surface area contributed by atoms with E-state index in [0.717, 1.165) is 22.2 Å². The van der Waals surface area contributed by atoms with Crippen molar-refractivity contribution in [3.05, 3.63) is 28.0 Å². The SMILES string of the molecule is C=Cc1csc2c1C(C(C)=O)N([B]C=O)CC2O[Si](C)(C)C(C)(C)C. The van der Waals surface area contributed by atoms with Gasteiger partial charge in [0.1, 0.15) is 5.78 Å². The van der Waals surface area contributed by atoms with Gasteiger partial charge in [0, 0.05) is 11.4 Å². The highest BCUT2D eigenvalue weighted by atomic mass is 32.1. The Labute approximate surface area is 156 Å². The van der Waals surface area contributed by atoms with Crippen LogP contribution in [-0.2, 0) is 14.0 Å². The van der Waals surface area contributed by atoms with Crippen molar-refractivity contribution in [1.82, 2.24) is 4.81 Å². The number of ketones is 1. The Bertz CT molecular complexity index is 680. The highest BCUT2D eigenvalue weighted by molar-refractivity contribution is 7.10. The summed E-state index contributed by atoms with van der Waals surface area (Å²) in [7, 11) is -0.537. The molecule has 0 N–H and O–H groups in total.